The zero-order valence-corrected chi connectivity index (χ0v) is 18.8. The molecule has 1 N–H and O–H groups in total. The summed E-state index contributed by atoms with van der Waals surface area (Å²) in [4.78, 5) is 37.9. The van der Waals surface area contributed by atoms with E-state index < -0.39 is 0 Å². The van der Waals surface area contributed by atoms with Crippen LogP contribution < -0.4 is 0 Å². The Bertz CT molecular complexity index is 894. The van der Waals surface area contributed by atoms with Gasteiger partial charge >= 0.3 is 0 Å². The molecule has 168 valence electrons. The average molecular weight is 426 g/mol. The molecule has 0 bridgehead atoms. The third-order valence-corrected chi connectivity index (χ3v) is 6.78. The number of likely N-dealkylation sites (tertiary alicyclic amines) is 1. The average Bonchev–Trinajstić information content (AvgIpc) is 3.27. The number of piperazine rings is 1. The number of benzene rings is 1. The van der Waals surface area contributed by atoms with Crippen LogP contribution in [0.15, 0.2) is 30.5 Å². The first-order valence-electron chi connectivity index (χ1n) is 11.6. The van der Waals surface area contributed by atoms with Crippen molar-refractivity contribution in [2.24, 2.45) is 0 Å². The number of aromatic amines is 1. The molecule has 7 heteroatoms. The Balaban J connectivity index is 1.33. The van der Waals surface area contributed by atoms with Crippen molar-refractivity contribution >= 4 is 22.7 Å². The normalized spacial score (nSPS) is 19.1. The maximum Gasteiger partial charge on any atom is 0.254 e. The van der Waals surface area contributed by atoms with Crippen LogP contribution in [0.2, 0.25) is 0 Å². The highest BCUT2D eigenvalue weighted by atomic mass is 16.2. The predicted molar refractivity (Wildman–Crippen MR) is 123 cm³/mol. The van der Waals surface area contributed by atoms with Crippen molar-refractivity contribution in [2.75, 3.05) is 59.4 Å². The van der Waals surface area contributed by atoms with Gasteiger partial charge in [0.05, 0.1) is 0 Å². The van der Waals surface area contributed by atoms with Crippen LogP contribution in [0.3, 0.4) is 0 Å². The lowest BCUT2D eigenvalue weighted by molar-refractivity contribution is -0.134. The topological polar surface area (TPSA) is 62.9 Å². The first-order valence-corrected chi connectivity index (χ1v) is 11.6. The van der Waals surface area contributed by atoms with E-state index in [0.717, 1.165) is 56.6 Å². The van der Waals surface area contributed by atoms with Gasteiger partial charge in [-0.3, -0.25) is 14.5 Å². The van der Waals surface area contributed by atoms with Crippen LogP contribution in [0.1, 0.15) is 36.5 Å². The Labute approximate surface area is 185 Å². The summed E-state index contributed by atoms with van der Waals surface area (Å²) < 4.78 is 0. The molecule has 2 saturated heterocycles. The van der Waals surface area contributed by atoms with Crippen molar-refractivity contribution in [2.45, 2.75) is 32.2 Å². The summed E-state index contributed by atoms with van der Waals surface area (Å²) in [6.07, 6.45) is 5.13. The molecule has 2 aromatic rings. The van der Waals surface area contributed by atoms with Crippen LogP contribution in [0.4, 0.5) is 0 Å². The zero-order valence-electron chi connectivity index (χ0n) is 18.8. The Kier molecular flexibility index (Phi) is 6.92. The Hall–Kier alpha value is -2.38. The highest BCUT2D eigenvalue weighted by Crippen LogP contribution is 2.19. The molecule has 0 saturated carbocycles. The number of amides is 2. The molecular formula is C24H35N5O2. The molecule has 2 aliphatic rings. The minimum atomic E-state index is -0.0725. The van der Waals surface area contributed by atoms with E-state index in [0.29, 0.717) is 18.2 Å². The van der Waals surface area contributed by atoms with Crippen LogP contribution in [-0.2, 0) is 4.79 Å². The van der Waals surface area contributed by atoms with Gasteiger partial charge < -0.3 is 19.7 Å². The van der Waals surface area contributed by atoms with Gasteiger partial charge in [-0.2, -0.15) is 0 Å². The first kappa shape index (κ1) is 21.8. The van der Waals surface area contributed by atoms with E-state index in [1.165, 1.54) is 12.8 Å². The van der Waals surface area contributed by atoms with Gasteiger partial charge in [0.25, 0.3) is 5.91 Å². The minimum absolute atomic E-state index is 0.0609. The van der Waals surface area contributed by atoms with Crippen molar-refractivity contribution in [3.05, 3.63) is 36.0 Å². The zero-order chi connectivity index (χ0) is 21.8. The SMILES string of the molecule is CCCN(CC(=O)N1CCN(C2CCN(C)CC2)CC1)C(=O)c1ccc2cc[nH]c2c1. The van der Waals surface area contributed by atoms with E-state index in [1.807, 2.05) is 42.3 Å². The second kappa shape index (κ2) is 9.83. The number of nitrogens with one attached hydrogen (secondary N) is 1. The molecule has 2 aliphatic heterocycles. The Morgan fingerprint density at radius 3 is 2.52 bits per heavy atom. The molecule has 0 atom stereocenters. The summed E-state index contributed by atoms with van der Waals surface area (Å²) in [7, 11) is 2.19. The van der Waals surface area contributed by atoms with Crippen molar-refractivity contribution in [1.82, 2.24) is 24.6 Å². The summed E-state index contributed by atoms with van der Waals surface area (Å²) in [5.74, 6) is -0.0116. The van der Waals surface area contributed by atoms with E-state index in [-0.39, 0.29) is 18.4 Å². The fourth-order valence-electron chi connectivity index (χ4n) is 4.85. The largest absolute Gasteiger partial charge is 0.361 e. The van der Waals surface area contributed by atoms with E-state index in [4.69, 9.17) is 0 Å². The lowest BCUT2D eigenvalue weighted by atomic mass is 10.0. The number of nitrogens with zero attached hydrogens (tertiary/aromatic N) is 4. The molecule has 0 radical (unpaired) electrons. The number of H-pyrrole nitrogens is 1. The lowest BCUT2D eigenvalue weighted by Crippen LogP contribution is -2.55. The molecule has 1 aromatic carbocycles. The predicted octanol–water partition coefficient (Wildman–Crippen LogP) is 2.26. The lowest BCUT2D eigenvalue weighted by Gasteiger charge is -2.42. The van der Waals surface area contributed by atoms with E-state index >= 15 is 0 Å². The summed E-state index contributed by atoms with van der Waals surface area (Å²) in [6.45, 7) is 8.49. The molecule has 31 heavy (non-hydrogen) atoms. The molecule has 0 aliphatic carbocycles. The number of piperidine rings is 1. The van der Waals surface area contributed by atoms with Gasteiger partial charge in [0.2, 0.25) is 5.91 Å². The van der Waals surface area contributed by atoms with Crippen molar-refractivity contribution in [3.8, 4) is 0 Å². The fourth-order valence-corrected chi connectivity index (χ4v) is 4.85. The van der Waals surface area contributed by atoms with Gasteiger partial charge in [0, 0.05) is 56.0 Å². The van der Waals surface area contributed by atoms with Crippen molar-refractivity contribution in [1.29, 1.82) is 0 Å². The molecule has 2 fully saturated rings. The van der Waals surface area contributed by atoms with Gasteiger partial charge in [-0.05, 0) is 63.0 Å². The molecule has 3 heterocycles. The Morgan fingerprint density at radius 2 is 1.81 bits per heavy atom. The van der Waals surface area contributed by atoms with Crippen LogP contribution in [-0.4, -0.2) is 102 Å². The quantitative estimate of drug-likeness (QED) is 0.771. The highest BCUT2D eigenvalue weighted by Gasteiger charge is 2.29. The number of fused-ring (bicyclic) bond motifs is 1. The van der Waals surface area contributed by atoms with Gasteiger partial charge in [0.1, 0.15) is 6.54 Å². The third-order valence-electron chi connectivity index (χ3n) is 6.78. The molecular weight excluding hydrogens is 390 g/mol. The standard InChI is InChI=1S/C24H35N5O2/c1-3-10-29(24(31)20-5-4-19-6-9-25-22(19)17-20)18-23(30)28-15-13-27(14-16-28)21-7-11-26(2)12-8-21/h4-6,9,17,21,25H,3,7-8,10-16,18H2,1-2H3. The number of hydrogen-bond donors (Lipinski definition) is 1. The fraction of sp³-hybridized carbons (Fsp3) is 0.583. The van der Waals surface area contributed by atoms with Crippen molar-refractivity contribution in [3.63, 3.8) is 0 Å². The number of carbonyl (C=O) groups is 2. The highest BCUT2D eigenvalue weighted by molar-refractivity contribution is 5.99. The minimum Gasteiger partial charge on any atom is -0.361 e. The Morgan fingerprint density at radius 1 is 1.06 bits per heavy atom. The van der Waals surface area contributed by atoms with Crippen molar-refractivity contribution < 1.29 is 9.59 Å². The molecule has 7 nitrogen and oxygen atoms in total. The van der Waals surface area contributed by atoms with Gasteiger partial charge in [-0.1, -0.05) is 13.0 Å². The first-order chi connectivity index (χ1) is 15.0. The van der Waals surface area contributed by atoms with Crippen LogP contribution >= 0.6 is 0 Å². The monoisotopic (exact) mass is 425 g/mol. The molecule has 0 spiro atoms. The summed E-state index contributed by atoms with van der Waals surface area (Å²) >= 11 is 0. The number of carbonyl (C=O) groups excluding carboxylic acids is 2. The van der Waals surface area contributed by atoms with E-state index in [2.05, 4.69) is 21.8 Å². The van der Waals surface area contributed by atoms with Gasteiger partial charge in [0.15, 0.2) is 0 Å². The maximum absolute atomic E-state index is 13.1. The summed E-state index contributed by atoms with van der Waals surface area (Å²) in [5.41, 5.74) is 1.57. The van der Waals surface area contributed by atoms with Crippen LogP contribution in [0.25, 0.3) is 10.9 Å². The van der Waals surface area contributed by atoms with Crippen LogP contribution in [0.5, 0.6) is 0 Å². The summed E-state index contributed by atoms with van der Waals surface area (Å²) in [6, 6.07) is 8.32. The summed E-state index contributed by atoms with van der Waals surface area (Å²) in [5, 5.41) is 1.08. The number of aromatic nitrogens is 1. The van der Waals surface area contributed by atoms with Crippen LogP contribution in [0, 0.1) is 0 Å². The molecule has 4 rings (SSSR count). The van der Waals surface area contributed by atoms with E-state index in [9.17, 15) is 9.59 Å². The second-order valence-corrected chi connectivity index (χ2v) is 8.96. The molecule has 0 unspecified atom stereocenters. The molecule has 2 amide bonds. The third kappa shape index (κ3) is 5.10. The van der Waals surface area contributed by atoms with Gasteiger partial charge in [-0.25, -0.2) is 0 Å². The smallest absolute Gasteiger partial charge is 0.254 e. The molecule has 1 aromatic heterocycles. The number of hydrogen-bond acceptors (Lipinski definition) is 4. The van der Waals surface area contributed by atoms with Gasteiger partial charge in [-0.15, -0.1) is 0 Å². The van der Waals surface area contributed by atoms with E-state index in [1.54, 1.807) is 4.90 Å². The second-order valence-electron chi connectivity index (χ2n) is 8.96. The maximum atomic E-state index is 13.1. The number of rotatable bonds is 6.